The lowest BCUT2D eigenvalue weighted by molar-refractivity contribution is -0.135. The summed E-state index contributed by atoms with van der Waals surface area (Å²) >= 11 is 0. The van der Waals surface area contributed by atoms with E-state index in [2.05, 4.69) is 0 Å². The fraction of sp³-hybridized carbons (Fsp3) is 0.364. The zero-order valence-electron chi connectivity index (χ0n) is 15.8. The van der Waals surface area contributed by atoms with Crippen molar-refractivity contribution in [3.05, 3.63) is 70.8 Å². The van der Waals surface area contributed by atoms with E-state index >= 15 is 0 Å². The van der Waals surface area contributed by atoms with E-state index < -0.39 is 11.2 Å². The molecule has 2 aromatic rings. The highest BCUT2D eigenvalue weighted by atomic mass is 19.1. The highest BCUT2D eigenvalue weighted by Gasteiger charge is 2.53. The van der Waals surface area contributed by atoms with Gasteiger partial charge in [0.25, 0.3) is 5.91 Å². The minimum absolute atomic E-state index is 0.0487. The molecule has 0 bridgehead atoms. The summed E-state index contributed by atoms with van der Waals surface area (Å²) in [5.74, 6) is -0.875. The first-order chi connectivity index (χ1) is 13.4. The van der Waals surface area contributed by atoms with Gasteiger partial charge in [-0.15, -0.1) is 0 Å². The molecule has 6 heteroatoms. The maximum absolute atomic E-state index is 13.8. The molecule has 1 saturated carbocycles. The summed E-state index contributed by atoms with van der Waals surface area (Å²) in [6.45, 7) is 3.38. The van der Waals surface area contributed by atoms with Crippen molar-refractivity contribution in [2.45, 2.75) is 25.2 Å². The highest BCUT2D eigenvalue weighted by Crippen LogP contribution is 2.49. The van der Waals surface area contributed by atoms with Crippen molar-refractivity contribution >= 4 is 11.8 Å². The lowest BCUT2D eigenvalue weighted by Crippen LogP contribution is -2.53. The van der Waals surface area contributed by atoms with Gasteiger partial charge in [0.2, 0.25) is 5.91 Å². The first-order valence-electron chi connectivity index (χ1n) is 9.51. The highest BCUT2D eigenvalue weighted by molar-refractivity contribution is 5.95. The number of carbonyl (C=O) groups excluding carboxylic acids is 2. The number of carbonyl (C=O) groups is 2. The van der Waals surface area contributed by atoms with Crippen LogP contribution in [-0.2, 0) is 10.2 Å². The molecule has 1 aliphatic heterocycles. The Morgan fingerprint density at radius 1 is 0.893 bits per heavy atom. The molecule has 0 aromatic heterocycles. The number of benzene rings is 2. The van der Waals surface area contributed by atoms with Gasteiger partial charge in [-0.05, 0) is 55.2 Å². The van der Waals surface area contributed by atoms with Crippen molar-refractivity contribution in [2.75, 3.05) is 26.2 Å². The number of nitrogens with zero attached hydrogens (tertiary/aromatic N) is 2. The monoisotopic (exact) mass is 384 g/mol. The van der Waals surface area contributed by atoms with Crippen molar-refractivity contribution in [1.82, 2.24) is 9.80 Å². The summed E-state index contributed by atoms with van der Waals surface area (Å²) < 4.78 is 27.0. The minimum Gasteiger partial charge on any atom is -0.338 e. The summed E-state index contributed by atoms with van der Waals surface area (Å²) in [5, 5.41) is 0. The molecule has 0 N–H and O–H groups in total. The Kier molecular flexibility index (Phi) is 4.65. The molecule has 146 valence electrons. The Morgan fingerprint density at radius 2 is 1.50 bits per heavy atom. The number of piperazine rings is 1. The summed E-state index contributed by atoms with van der Waals surface area (Å²) in [7, 11) is 0. The molecule has 1 saturated heterocycles. The van der Waals surface area contributed by atoms with E-state index in [4.69, 9.17) is 0 Å². The minimum atomic E-state index is -0.542. The van der Waals surface area contributed by atoms with E-state index in [1.807, 2.05) is 0 Å². The van der Waals surface area contributed by atoms with Gasteiger partial charge in [0, 0.05) is 31.7 Å². The summed E-state index contributed by atoms with van der Waals surface area (Å²) in [6, 6.07) is 10.6. The van der Waals surface area contributed by atoms with E-state index in [0.717, 1.165) is 18.4 Å². The van der Waals surface area contributed by atoms with Crippen molar-refractivity contribution in [2.24, 2.45) is 0 Å². The average Bonchev–Trinajstić information content (AvgIpc) is 3.51. The molecule has 1 aliphatic carbocycles. The van der Waals surface area contributed by atoms with Gasteiger partial charge in [-0.1, -0.05) is 18.2 Å². The van der Waals surface area contributed by atoms with Gasteiger partial charge < -0.3 is 9.80 Å². The SMILES string of the molecule is Cc1ccc(C(=O)N2CCN(C(=O)C3(c4ccc(F)cc4)CC3)CC2)cc1F. The molecule has 2 amide bonds. The fourth-order valence-corrected chi connectivity index (χ4v) is 3.84. The Morgan fingerprint density at radius 3 is 2.07 bits per heavy atom. The smallest absolute Gasteiger partial charge is 0.254 e. The molecule has 0 atom stereocenters. The number of rotatable bonds is 3. The van der Waals surface area contributed by atoms with Gasteiger partial charge >= 0.3 is 0 Å². The second kappa shape index (κ2) is 7.00. The van der Waals surface area contributed by atoms with Gasteiger partial charge in [-0.25, -0.2) is 8.78 Å². The molecule has 0 spiro atoms. The van der Waals surface area contributed by atoms with Crippen LogP contribution in [-0.4, -0.2) is 47.8 Å². The average molecular weight is 384 g/mol. The quantitative estimate of drug-likeness (QED) is 0.815. The lowest BCUT2D eigenvalue weighted by atomic mass is 9.94. The Balaban J connectivity index is 1.41. The second-order valence-corrected chi connectivity index (χ2v) is 7.64. The molecule has 0 unspecified atom stereocenters. The molecule has 4 nitrogen and oxygen atoms in total. The first-order valence-corrected chi connectivity index (χ1v) is 9.51. The predicted octanol–water partition coefficient (Wildman–Crippen LogP) is 3.29. The lowest BCUT2D eigenvalue weighted by Gasteiger charge is -2.36. The summed E-state index contributed by atoms with van der Waals surface area (Å²) in [6.07, 6.45) is 1.53. The van der Waals surface area contributed by atoms with Gasteiger partial charge in [0.15, 0.2) is 0 Å². The van der Waals surface area contributed by atoms with Crippen molar-refractivity contribution < 1.29 is 18.4 Å². The number of hydrogen-bond acceptors (Lipinski definition) is 2. The van der Waals surface area contributed by atoms with E-state index in [9.17, 15) is 18.4 Å². The van der Waals surface area contributed by atoms with Crippen LogP contribution in [0.1, 0.15) is 34.3 Å². The van der Waals surface area contributed by atoms with Gasteiger partial charge in [-0.3, -0.25) is 9.59 Å². The predicted molar refractivity (Wildman–Crippen MR) is 101 cm³/mol. The van der Waals surface area contributed by atoms with E-state index in [1.54, 1.807) is 41.0 Å². The molecule has 4 rings (SSSR count). The summed E-state index contributed by atoms with van der Waals surface area (Å²) in [4.78, 5) is 29.1. The Hall–Kier alpha value is -2.76. The molecular formula is C22H22F2N2O2. The fourth-order valence-electron chi connectivity index (χ4n) is 3.84. The zero-order valence-corrected chi connectivity index (χ0v) is 15.8. The van der Waals surface area contributed by atoms with Crippen LogP contribution < -0.4 is 0 Å². The van der Waals surface area contributed by atoms with Gasteiger partial charge in [0.05, 0.1) is 5.41 Å². The van der Waals surface area contributed by atoms with Gasteiger partial charge in [-0.2, -0.15) is 0 Å². The second-order valence-electron chi connectivity index (χ2n) is 7.64. The number of halogens is 2. The standard InChI is InChI=1S/C22H22F2N2O2/c1-15-2-3-16(14-19(15)24)20(27)25-10-12-26(13-11-25)21(28)22(8-9-22)17-4-6-18(23)7-5-17/h2-7,14H,8-13H2,1H3. The van der Waals surface area contributed by atoms with Crippen LogP contribution in [0.5, 0.6) is 0 Å². The first kappa shape index (κ1) is 18.6. The Bertz CT molecular complexity index is 915. The molecule has 2 aromatic carbocycles. The van der Waals surface area contributed by atoms with Crippen LogP contribution in [0, 0.1) is 18.6 Å². The molecule has 28 heavy (non-hydrogen) atoms. The molecule has 0 radical (unpaired) electrons. The van der Waals surface area contributed by atoms with Crippen LogP contribution >= 0.6 is 0 Å². The van der Waals surface area contributed by atoms with Crippen molar-refractivity contribution in [1.29, 1.82) is 0 Å². The molecular weight excluding hydrogens is 362 g/mol. The topological polar surface area (TPSA) is 40.6 Å². The van der Waals surface area contributed by atoms with Crippen molar-refractivity contribution in [3.8, 4) is 0 Å². The van der Waals surface area contributed by atoms with Crippen LogP contribution in [0.4, 0.5) is 8.78 Å². The molecule has 2 fully saturated rings. The number of hydrogen-bond donors (Lipinski definition) is 0. The third-order valence-electron chi connectivity index (χ3n) is 5.83. The number of aryl methyl sites for hydroxylation is 1. The molecule has 1 heterocycles. The van der Waals surface area contributed by atoms with Crippen LogP contribution in [0.2, 0.25) is 0 Å². The van der Waals surface area contributed by atoms with Crippen LogP contribution in [0.25, 0.3) is 0 Å². The van der Waals surface area contributed by atoms with Gasteiger partial charge in [0.1, 0.15) is 11.6 Å². The largest absolute Gasteiger partial charge is 0.338 e. The Labute approximate surface area is 162 Å². The maximum atomic E-state index is 13.8. The summed E-state index contributed by atoms with van der Waals surface area (Å²) in [5.41, 5.74) is 1.14. The van der Waals surface area contributed by atoms with Crippen LogP contribution in [0.3, 0.4) is 0 Å². The third-order valence-corrected chi connectivity index (χ3v) is 5.83. The van der Waals surface area contributed by atoms with E-state index in [-0.39, 0.29) is 17.6 Å². The van der Waals surface area contributed by atoms with Crippen LogP contribution in [0.15, 0.2) is 42.5 Å². The maximum Gasteiger partial charge on any atom is 0.254 e. The third kappa shape index (κ3) is 3.28. The van der Waals surface area contributed by atoms with E-state index in [0.29, 0.717) is 37.3 Å². The normalized spacial score (nSPS) is 18.1. The number of amides is 2. The van der Waals surface area contributed by atoms with E-state index in [1.165, 1.54) is 18.2 Å². The van der Waals surface area contributed by atoms with Crippen molar-refractivity contribution in [3.63, 3.8) is 0 Å². The zero-order chi connectivity index (χ0) is 19.9. The molecule has 2 aliphatic rings.